The topological polar surface area (TPSA) is 47.0 Å². The maximum Gasteiger partial charge on any atom is 0.278 e. The lowest BCUT2D eigenvalue weighted by atomic mass is 10.1. The minimum atomic E-state index is -0.317. The normalized spacial score (nSPS) is 10.7. The first-order chi connectivity index (χ1) is 11.7. The first-order valence-corrected chi connectivity index (χ1v) is 8.91. The van der Waals surface area contributed by atoms with E-state index in [1.54, 1.807) is 12.1 Å². The molecule has 1 heterocycles. The molecule has 0 atom stereocenters. The average molecular weight is 327 g/mol. The van der Waals surface area contributed by atoms with Crippen LogP contribution >= 0.6 is 0 Å². The molecule has 0 saturated heterocycles. The number of benzene rings is 1. The number of nitro groups is 1. The van der Waals surface area contributed by atoms with Crippen molar-refractivity contribution in [3.05, 3.63) is 70.0 Å². The molecule has 4 nitrogen and oxygen atoms in total. The molecule has 0 bridgehead atoms. The van der Waals surface area contributed by atoms with Gasteiger partial charge < -0.3 is 0 Å². The van der Waals surface area contributed by atoms with Crippen LogP contribution in [-0.4, -0.2) is 4.92 Å². The van der Waals surface area contributed by atoms with Crippen molar-refractivity contribution in [1.82, 2.24) is 0 Å². The zero-order chi connectivity index (χ0) is 17.2. The third kappa shape index (κ3) is 5.76. The van der Waals surface area contributed by atoms with E-state index in [0.29, 0.717) is 6.54 Å². The molecule has 0 unspecified atom stereocenters. The van der Waals surface area contributed by atoms with E-state index in [0.717, 1.165) is 12.0 Å². The van der Waals surface area contributed by atoms with Crippen molar-refractivity contribution in [1.29, 1.82) is 0 Å². The quantitative estimate of drug-likeness (QED) is 0.271. The van der Waals surface area contributed by atoms with E-state index >= 15 is 0 Å². The van der Waals surface area contributed by atoms with E-state index in [9.17, 15) is 10.1 Å². The van der Waals surface area contributed by atoms with E-state index in [4.69, 9.17) is 0 Å². The summed E-state index contributed by atoms with van der Waals surface area (Å²) in [6.45, 7) is 2.76. The van der Waals surface area contributed by atoms with Crippen LogP contribution in [0.5, 0.6) is 0 Å². The van der Waals surface area contributed by atoms with Gasteiger partial charge in [0.1, 0.15) is 0 Å². The summed E-state index contributed by atoms with van der Waals surface area (Å²) in [6, 6.07) is 11.2. The highest BCUT2D eigenvalue weighted by atomic mass is 16.6. The smallest absolute Gasteiger partial charge is 0.258 e. The molecule has 128 valence electrons. The maximum absolute atomic E-state index is 11.1. The van der Waals surface area contributed by atoms with Crippen LogP contribution in [0.4, 0.5) is 5.69 Å². The summed E-state index contributed by atoms with van der Waals surface area (Å²) >= 11 is 0. The molecule has 0 amide bonds. The van der Waals surface area contributed by atoms with Gasteiger partial charge in [-0.2, -0.15) is 0 Å². The van der Waals surface area contributed by atoms with Crippen molar-refractivity contribution in [2.45, 2.75) is 58.4 Å². The molecule has 0 fully saturated rings. The molecule has 0 N–H and O–H groups in total. The van der Waals surface area contributed by atoms with Gasteiger partial charge >= 0.3 is 0 Å². The van der Waals surface area contributed by atoms with Gasteiger partial charge in [-0.05, 0) is 24.5 Å². The number of rotatable bonds is 10. The summed E-state index contributed by atoms with van der Waals surface area (Å²) in [5, 5.41) is 11.1. The summed E-state index contributed by atoms with van der Waals surface area (Å²) in [5.41, 5.74) is 2.25. The fourth-order valence-electron chi connectivity index (χ4n) is 2.89. The molecule has 4 heteroatoms. The first kappa shape index (κ1) is 18.1. The van der Waals surface area contributed by atoms with Crippen LogP contribution in [0.3, 0.4) is 0 Å². The Hall–Kier alpha value is -2.23. The highest BCUT2D eigenvalue weighted by molar-refractivity contribution is 5.39. The number of unbranched alkanes of at least 4 members (excludes halogenated alkanes) is 5. The van der Waals surface area contributed by atoms with Crippen molar-refractivity contribution in [3.63, 3.8) is 0 Å². The largest absolute Gasteiger partial charge is 0.278 e. The standard InChI is InChI=1S/C20H27N2O2/c1-2-3-4-5-6-7-10-18-13-15-21(16-14-18)17-19-11-8-9-12-20(19)22(23)24/h8-9,11-16H,2-7,10,17H2,1H3/q+1. The van der Waals surface area contributed by atoms with Crippen molar-refractivity contribution >= 4 is 5.69 Å². The van der Waals surface area contributed by atoms with Crippen LogP contribution in [0.1, 0.15) is 56.6 Å². The Morgan fingerprint density at radius 2 is 1.62 bits per heavy atom. The van der Waals surface area contributed by atoms with Crippen molar-refractivity contribution in [2.75, 3.05) is 0 Å². The second-order valence-corrected chi connectivity index (χ2v) is 6.28. The molecule has 0 aliphatic carbocycles. The van der Waals surface area contributed by atoms with Gasteiger partial charge in [-0.1, -0.05) is 51.2 Å². The van der Waals surface area contributed by atoms with Gasteiger partial charge in [0, 0.05) is 18.2 Å². The Morgan fingerprint density at radius 3 is 2.33 bits per heavy atom. The molecule has 0 aliphatic heterocycles. The summed E-state index contributed by atoms with van der Waals surface area (Å²) in [4.78, 5) is 10.8. The van der Waals surface area contributed by atoms with Crippen LogP contribution in [0.25, 0.3) is 0 Å². The van der Waals surface area contributed by atoms with Gasteiger partial charge in [-0.15, -0.1) is 0 Å². The van der Waals surface area contributed by atoms with Crippen LogP contribution in [0, 0.1) is 10.1 Å². The minimum absolute atomic E-state index is 0.182. The summed E-state index contributed by atoms with van der Waals surface area (Å²) in [6.07, 6.45) is 13.0. The van der Waals surface area contributed by atoms with Crippen molar-refractivity contribution < 1.29 is 9.49 Å². The zero-order valence-corrected chi connectivity index (χ0v) is 14.5. The van der Waals surface area contributed by atoms with Gasteiger partial charge in [0.25, 0.3) is 5.69 Å². The van der Waals surface area contributed by atoms with Gasteiger partial charge in [0.05, 0.1) is 10.5 Å². The van der Waals surface area contributed by atoms with Gasteiger partial charge in [-0.25, -0.2) is 4.57 Å². The molecule has 0 saturated carbocycles. The Morgan fingerprint density at radius 1 is 0.958 bits per heavy atom. The van der Waals surface area contributed by atoms with Gasteiger partial charge in [-0.3, -0.25) is 10.1 Å². The Balaban J connectivity index is 1.85. The fraction of sp³-hybridized carbons (Fsp3) is 0.450. The monoisotopic (exact) mass is 327 g/mol. The molecular weight excluding hydrogens is 300 g/mol. The minimum Gasteiger partial charge on any atom is -0.258 e. The number of nitro benzene ring substituents is 1. The van der Waals surface area contributed by atoms with Crippen molar-refractivity contribution in [3.8, 4) is 0 Å². The lowest BCUT2D eigenvalue weighted by Crippen LogP contribution is -2.33. The summed E-state index contributed by atoms with van der Waals surface area (Å²) < 4.78 is 1.99. The SMILES string of the molecule is CCCCCCCCc1cc[n+](Cc2ccccc2[N+](=O)[O-])cc1. The number of para-hydroxylation sites is 1. The van der Waals surface area contributed by atoms with E-state index in [-0.39, 0.29) is 10.6 Å². The molecular formula is C20H27N2O2+. The number of aryl methyl sites for hydroxylation is 1. The second-order valence-electron chi connectivity index (χ2n) is 6.28. The third-order valence-electron chi connectivity index (χ3n) is 4.32. The van der Waals surface area contributed by atoms with E-state index in [1.807, 2.05) is 29.1 Å². The summed E-state index contributed by atoms with van der Waals surface area (Å²) in [5.74, 6) is 0. The van der Waals surface area contributed by atoms with Gasteiger partial charge in [0.2, 0.25) is 0 Å². The number of pyridine rings is 1. The summed E-state index contributed by atoms with van der Waals surface area (Å²) in [7, 11) is 0. The Kier molecular flexibility index (Phi) is 7.40. The van der Waals surface area contributed by atoms with Gasteiger partial charge in [0.15, 0.2) is 18.9 Å². The van der Waals surface area contributed by atoms with Crippen LogP contribution in [-0.2, 0) is 13.0 Å². The van der Waals surface area contributed by atoms with E-state index < -0.39 is 0 Å². The molecule has 24 heavy (non-hydrogen) atoms. The predicted octanol–water partition coefficient (Wildman–Crippen LogP) is 4.83. The number of aromatic nitrogens is 1. The Bertz CT molecular complexity index is 638. The highest BCUT2D eigenvalue weighted by Gasteiger charge is 2.15. The molecule has 0 spiro atoms. The predicted molar refractivity (Wildman–Crippen MR) is 95.9 cm³/mol. The zero-order valence-electron chi connectivity index (χ0n) is 14.5. The van der Waals surface area contributed by atoms with Crippen LogP contribution < -0.4 is 4.57 Å². The van der Waals surface area contributed by atoms with Crippen LogP contribution in [0.15, 0.2) is 48.8 Å². The highest BCUT2D eigenvalue weighted by Crippen LogP contribution is 2.17. The van der Waals surface area contributed by atoms with E-state index in [1.165, 1.54) is 44.1 Å². The Labute approximate surface area is 144 Å². The molecule has 2 rings (SSSR count). The molecule has 0 aliphatic rings. The number of nitrogens with zero attached hydrogens (tertiary/aromatic N) is 2. The molecule has 1 aromatic carbocycles. The molecule has 1 aromatic heterocycles. The van der Waals surface area contributed by atoms with Crippen molar-refractivity contribution in [2.24, 2.45) is 0 Å². The third-order valence-corrected chi connectivity index (χ3v) is 4.32. The number of hydrogen-bond acceptors (Lipinski definition) is 2. The lowest BCUT2D eigenvalue weighted by Gasteiger charge is -2.03. The molecule has 0 radical (unpaired) electrons. The fourth-order valence-corrected chi connectivity index (χ4v) is 2.89. The average Bonchev–Trinajstić information content (AvgIpc) is 2.60. The van der Waals surface area contributed by atoms with Crippen LogP contribution in [0.2, 0.25) is 0 Å². The molecule has 2 aromatic rings. The second kappa shape index (κ2) is 9.81. The van der Waals surface area contributed by atoms with E-state index in [2.05, 4.69) is 19.1 Å². The maximum atomic E-state index is 11.1. The first-order valence-electron chi connectivity index (χ1n) is 8.91. The lowest BCUT2D eigenvalue weighted by molar-refractivity contribution is -0.688. The number of hydrogen-bond donors (Lipinski definition) is 0.